The number of carbonyl (C=O) groups excluding carboxylic acids is 2. The van der Waals surface area contributed by atoms with Crippen LogP contribution in [0.2, 0.25) is 0 Å². The van der Waals surface area contributed by atoms with Gasteiger partial charge in [-0.05, 0) is 13.8 Å². The van der Waals surface area contributed by atoms with Gasteiger partial charge in [0.2, 0.25) is 11.8 Å². The van der Waals surface area contributed by atoms with E-state index in [-0.39, 0.29) is 48.9 Å². The first-order chi connectivity index (χ1) is 11.5. The first-order valence-corrected chi connectivity index (χ1v) is 8.14. The van der Waals surface area contributed by atoms with Crippen LogP contribution < -0.4 is 15.5 Å². The fraction of sp³-hybridized carbons (Fsp3) is 0.600. The topological polar surface area (TPSA) is 94.9 Å². The van der Waals surface area contributed by atoms with Crippen molar-refractivity contribution in [1.29, 1.82) is 0 Å². The normalized spacial score (nSPS) is 15.0. The van der Waals surface area contributed by atoms with Crippen LogP contribution in [-0.4, -0.2) is 71.7 Å². The Bertz CT molecular complexity index is 617. The molecule has 1 aromatic rings. The third-order valence-electron chi connectivity index (χ3n) is 3.60. The molecule has 0 spiro atoms. The maximum Gasteiger partial charge on any atom is 0.246 e. The lowest BCUT2D eigenvalue weighted by Gasteiger charge is -2.35. The van der Waals surface area contributed by atoms with E-state index in [2.05, 4.69) is 20.7 Å². The Morgan fingerprint density at radius 2 is 2.00 bits per heavy atom. The summed E-state index contributed by atoms with van der Waals surface area (Å²) in [5.41, 5.74) is 0.798. The number of piperazine rings is 1. The van der Waals surface area contributed by atoms with Gasteiger partial charge in [0.25, 0.3) is 0 Å². The number of hydrogen-bond donors (Lipinski definition) is 2. The first-order valence-electron chi connectivity index (χ1n) is 8.14. The zero-order chi connectivity index (χ0) is 17.5. The molecule has 10 heteroatoms. The van der Waals surface area contributed by atoms with Crippen LogP contribution in [-0.2, 0) is 16.6 Å². The Labute approximate surface area is 164 Å². The first kappa shape index (κ1) is 21.2. The molecule has 2 rings (SSSR count). The number of aliphatic imine (C=N–C) groups is 1. The summed E-state index contributed by atoms with van der Waals surface area (Å²) in [6.07, 6.45) is 3.50. The Kier molecular flexibility index (Phi) is 8.66. The number of aromatic nitrogens is 2. The van der Waals surface area contributed by atoms with E-state index in [0.717, 1.165) is 5.69 Å². The number of hydrogen-bond acceptors (Lipinski definition) is 4. The second-order valence-electron chi connectivity index (χ2n) is 5.46. The van der Waals surface area contributed by atoms with E-state index >= 15 is 0 Å². The van der Waals surface area contributed by atoms with E-state index in [1.165, 1.54) is 0 Å². The van der Waals surface area contributed by atoms with Gasteiger partial charge in [0.05, 0.1) is 11.9 Å². The van der Waals surface area contributed by atoms with E-state index in [9.17, 15) is 9.59 Å². The quantitative estimate of drug-likeness (QED) is 0.358. The molecule has 0 saturated carbocycles. The number of anilines is 1. The van der Waals surface area contributed by atoms with E-state index in [0.29, 0.717) is 32.1 Å². The second kappa shape index (κ2) is 10.2. The van der Waals surface area contributed by atoms with Gasteiger partial charge in [0, 0.05) is 39.4 Å². The third kappa shape index (κ3) is 5.87. The second-order valence-corrected chi connectivity index (χ2v) is 5.46. The van der Waals surface area contributed by atoms with Gasteiger partial charge in [-0.25, -0.2) is 4.99 Å². The number of rotatable bonds is 5. The predicted molar refractivity (Wildman–Crippen MR) is 107 cm³/mol. The van der Waals surface area contributed by atoms with Crippen molar-refractivity contribution in [2.24, 2.45) is 12.0 Å². The Hall–Kier alpha value is -1.85. The minimum absolute atomic E-state index is 0. The molecule has 25 heavy (non-hydrogen) atoms. The number of halogens is 1. The summed E-state index contributed by atoms with van der Waals surface area (Å²) >= 11 is 0. The number of nitrogens with zero attached hydrogens (tertiary/aromatic N) is 5. The molecule has 1 fully saturated rings. The molecule has 0 unspecified atom stereocenters. The number of nitrogens with one attached hydrogen (secondary N) is 2. The van der Waals surface area contributed by atoms with Gasteiger partial charge in [-0.2, -0.15) is 5.10 Å². The summed E-state index contributed by atoms with van der Waals surface area (Å²) in [6.45, 7) is 6.53. The van der Waals surface area contributed by atoms with E-state index in [4.69, 9.17) is 0 Å². The van der Waals surface area contributed by atoms with Crippen LogP contribution in [0.4, 0.5) is 5.69 Å². The summed E-state index contributed by atoms with van der Waals surface area (Å²) in [4.78, 5) is 32.0. The van der Waals surface area contributed by atoms with Crippen molar-refractivity contribution in [1.82, 2.24) is 25.3 Å². The number of guanidine groups is 1. The molecule has 0 radical (unpaired) electrons. The van der Waals surface area contributed by atoms with E-state index < -0.39 is 0 Å². The van der Waals surface area contributed by atoms with E-state index in [1.807, 2.05) is 32.0 Å². The zero-order valence-corrected chi connectivity index (χ0v) is 17.2. The highest BCUT2D eigenvalue weighted by atomic mass is 127. The van der Waals surface area contributed by atoms with Gasteiger partial charge < -0.3 is 20.4 Å². The molecule has 0 atom stereocenters. The highest BCUT2D eigenvalue weighted by molar-refractivity contribution is 14.0. The molecular weight excluding hydrogens is 437 g/mol. The lowest BCUT2D eigenvalue weighted by molar-refractivity contribution is -0.120. The average molecular weight is 463 g/mol. The fourth-order valence-corrected chi connectivity index (χ4v) is 2.50. The SMILES string of the molecule is CCNC(=O)CN=C(NCC)N1CCN(c2cnn(C)c2)C(=O)C1.I. The minimum atomic E-state index is -0.131. The van der Waals surface area contributed by atoms with Crippen LogP contribution in [0.25, 0.3) is 0 Å². The molecule has 2 heterocycles. The minimum Gasteiger partial charge on any atom is -0.356 e. The van der Waals surface area contributed by atoms with Gasteiger partial charge in [0.15, 0.2) is 5.96 Å². The summed E-state index contributed by atoms with van der Waals surface area (Å²) in [5.74, 6) is 0.439. The average Bonchev–Trinajstić information content (AvgIpc) is 2.97. The lowest BCUT2D eigenvalue weighted by Crippen LogP contribution is -2.55. The molecule has 9 nitrogen and oxygen atoms in total. The monoisotopic (exact) mass is 463 g/mol. The molecule has 1 aromatic heterocycles. The molecule has 1 saturated heterocycles. The predicted octanol–water partition coefficient (Wildman–Crippen LogP) is -0.212. The summed E-state index contributed by atoms with van der Waals surface area (Å²) in [6, 6.07) is 0. The van der Waals surface area contributed by atoms with Crippen molar-refractivity contribution >= 4 is 47.4 Å². The maximum absolute atomic E-state index is 12.4. The van der Waals surface area contributed by atoms with Crippen LogP contribution in [0, 0.1) is 0 Å². The summed E-state index contributed by atoms with van der Waals surface area (Å²) < 4.78 is 1.67. The molecular formula is C15H26IN7O2. The highest BCUT2D eigenvalue weighted by Crippen LogP contribution is 2.15. The summed E-state index contributed by atoms with van der Waals surface area (Å²) in [7, 11) is 1.82. The van der Waals surface area contributed by atoms with Crippen LogP contribution in [0.1, 0.15) is 13.8 Å². The molecule has 1 aliphatic rings. The van der Waals surface area contributed by atoms with Crippen molar-refractivity contribution < 1.29 is 9.59 Å². The zero-order valence-electron chi connectivity index (χ0n) is 14.9. The van der Waals surface area contributed by atoms with Crippen LogP contribution in [0.5, 0.6) is 0 Å². The van der Waals surface area contributed by atoms with Crippen LogP contribution in [0.15, 0.2) is 17.4 Å². The van der Waals surface area contributed by atoms with E-state index in [1.54, 1.807) is 15.8 Å². The molecule has 2 N–H and O–H groups in total. The summed E-state index contributed by atoms with van der Waals surface area (Å²) in [5, 5.41) is 9.95. The van der Waals surface area contributed by atoms with Crippen molar-refractivity contribution in [3.8, 4) is 0 Å². The molecule has 2 amide bonds. The van der Waals surface area contributed by atoms with Crippen LogP contribution in [0.3, 0.4) is 0 Å². The Morgan fingerprint density at radius 1 is 1.28 bits per heavy atom. The van der Waals surface area contributed by atoms with Gasteiger partial charge in [0.1, 0.15) is 13.1 Å². The van der Waals surface area contributed by atoms with Gasteiger partial charge in [-0.15, -0.1) is 24.0 Å². The van der Waals surface area contributed by atoms with Crippen molar-refractivity contribution in [2.45, 2.75) is 13.8 Å². The highest BCUT2D eigenvalue weighted by Gasteiger charge is 2.27. The molecule has 0 aromatic carbocycles. The number of likely N-dealkylation sites (N-methyl/N-ethyl adjacent to an activating group) is 1. The van der Waals surface area contributed by atoms with Crippen molar-refractivity contribution in [3.63, 3.8) is 0 Å². The molecule has 0 bridgehead atoms. The smallest absolute Gasteiger partial charge is 0.246 e. The lowest BCUT2D eigenvalue weighted by atomic mass is 10.3. The Morgan fingerprint density at radius 3 is 2.56 bits per heavy atom. The molecule has 140 valence electrons. The molecule has 1 aliphatic heterocycles. The van der Waals surface area contributed by atoms with Crippen molar-refractivity contribution in [2.75, 3.05) is 44.2 Å². The van der Waals surface area contributed by atoms with Gasteiger partial charge in [-0.3, -0.25) is 14.3 Å². The largest absolute Gasteiger partial charge is 0.356 e. The van der Waals surface area contributed by atoms with Gasteiger partial charge >= 0.3 is 0 Å². The Balaban J connectivity index is 0.00000312. The fourth-order valence-electron chi connectivity index (χ4n) is 2.50. The third-order valence-corrected chi connectivity index (χ3v) is 3.60. The maximum atomic E-state index is 12.4. The van der Waals surface area contributed by atoms with Crippen LogP contribution >= 0.6 is 24.0 Å². The van der Waals surface area contributed by atoms with Gasteiger partial charge in [-0.1, -0.05) is 0 Å². The molecule has 0 aliphatic carbocycles. The number of aryl methyl sites for hydroxylation is 1. The van der Waals surface area contributed by atoms with Crippen molar-refractivity contribution in [3.05, 3.63) is 12.4 Å². The number of amides is 2. The number of carbonyl (C=O) groups is 2. The standard InChI is InChI=1S/C15H25N7O2.HI/c1-4-16-13(23)9-18-15(17-5-2)21-6-7-22(14(24)11-21)12-8-19-20(3)10-12;/h8,10H,4-7,9,11H2,1-3H3,(H,16,23)(H,17,18);1H.